The van der Waals surface area contributed by atoms with Crippen LogP contribution in [0.3, 0.4) is 0 Å². The van der Waals surface area contributed by atoms with Gasteiger partial charge in [0, 0.05) is 49.1 Å². The van der Waals surface area contributed by atoms with E-state index in [1.165, 1.54) is 11.3 Å². The molecule has 1 aromatic rings. The van der Waals surface area contributed by atoms with Gasteiger partial charge in [0.05, 0.1) is 4.92 Å². The van der Waals surface area contributed by atoms with Gasteiger partial charge in [-0.3, -0.25) is 19.8 Å². The van der Waals surface area contributed by atoms with Gasteiger partial charge in [-0.25, -0.2) is 0 Å². The fraction of sp³-hybridized carbons (Fsp3) is 0.562. The maximum absolute atomic E-state index is 11.9. The molecule has 0 saturated carbocycles. The molecular weight excluding hydrogens is 314 g/mol. The molecule has 3 rings (SSSR count). The predicted octanol–water partition coefficient (Wildman–Crippen LogP) is 2.75. The topological polar surface area (TPSA) is 66.7 Å². The molecule has 2 aliphatic rings. The molecule has 7 heteroatoms. The van der Waals surface area contributed by atoms with Crippen molar-refractivity contribution in [1.82, 2.24) is 9.80 Å². The Hall–Kier alpha value is -1.73. The molecule has 0 spiro atoms. The average Bonchev–Trinajstić information content (AvgIpc) is 3.09. The van der Waals surface area contributed by atoms with Crippen LogP contribution in [0.5, 0.6) is 0 Å². The number of likely N-dealkylation sites (tertiary alicyclic amines) is 1. The van der Waals surface area contributed by atoms with Gasteiger partial charge in [-0.05, 0) is 25.0 Å². The van der Waals surface area contributed by atoms with Gasteiger partial charge >= 0.3 is 5.00 Å². The summed E-state index contributed by atoms with van der Waals surface area (Å²) in [6, 6.07) is 4.23. The summed E-state index contributed by atoms with van der Waals surface area (Å²) >= 11 is 1.19. The molecule has 2 bridgehead atoms. The molecule has 0 radical (unpaired) electrons. The third-order valence-corrected chi connectivity index (χ3v) is 5.68. The van der Waals surface area contributed by atoms with Gasteiger partial charge in [0.1, 0.15) is 0 Å². The first-order chi connectivity index (χ1) is 11.1. The van der Waals surface area contributed by atoms with Crippen LogP contribution in [0.1, 0.15) is 31.1 Å². The molecule has 0 aromatic carbocycles. The third kappa shape index (κ3) is 3.45. The number of carbonyl (C=O) groups excluding carboxylic acids is 1. The summed E-state index contributed by atoms with van der Waals surface area (Å²) in [4.78, 5) is 27.6. The molecule has 0 aliphatic carbocycles. The summed E-state index contributed by atoms with van der Waals surface area (Å²) in [5.41, 5.74) is 0. The summed E-state index contributed by atoms with van der Waals surface area (Å²) in [7, 11) is 0. The summed E-state index contributed by atoms with van der Waals surface area (Å²) in [5, 5.41) is 10.9. The monoisotopic (exact) mass is 335 g/mol. The number of nitro groups is 1. The lowest BCUT2D eigenvalue weighted by Crippen LogP contribution is -2.55. The zero-order valence-electron chi connectivity index (χ0n) is 13.2. The number of carbonyl (C=O) groups is 1. The Kier molecular flexibility index (Phi) is 4.77. The van der Waals surface area contributed by atoms with Crippen molar-refractivity contribution in [2.24, 2.45) is 0 Å². The van der Waals surface area contributed by atoms with Crippen molar-refractivity contribution in [2.75, 3.05) is 19.6 Å². The maximum Gasteiger partial charge on any atom is 0.324 e. The smallest absolute Gasteiger partial charge is 0.324 e. The molecule has 2 saturated heterocycles. The Bertz CT molecular complexity index is 614. The lowest BCUT2D eigenvalue weighted by atomic mass is 10.1. The molecule has 23 heavy (non-hydrogen) atoms. The SMILES string of the molecule is CCC(=O)N1CC2CCC(C1)N2CC=Cc1ccc([N+](=O)[O-])s1. The first-order valence-electron chi connectivity index (χ1n) is 8.02. The zero-order valence-corrected chi connectivity index (χ0v) is 14.0. The molecule has 2 aliphatic heterocycles. The number of thiophene rings is 1. The number of fused-ring (bicyclic) bond motifs is 2. The molecule has 2 atom stereocenters. The summed E-state index contributed by atoms with van der Waals surface area (Å²) in [6.45, 7) is 4.43. The van der Waals surface area contributed by atoms with Crippen molar-refractivity contribution in [2.45, 2.75) is 38.3 Å². The fourth-order valence-electron chi connectivity index (χ4n) is 3.54. The van der Waals surface area contributed by atoms with Crippen LogP contribution in [0, 0.1) is 10.1 Å². The van der Waals surface area contributed by atoms with E-state index in [4.69, 9.17) is 0 Å². The van der Waals surface area contributed by atoms with Crippen LogP contribution >= 0.6 is 11.3 Å². The molecule has 0 N–H and O–H groups in total. The van der Waals surface area contributed by atoms with Gasteiger partial charge in [0.15, 0.2) is 0 Å². The van der Waals surface area contributed by atoms with Crippen molar-refractivity contribution in [3.8, 4) is 0 Å². The number of rotatable bonds is 5. The molecule has 3 heterocycles. The second kappa shape index (κ2) is 6.80. The van der Waals surface area contributed by atoms with E-state index >= 15 is 0 Å². The van der Waals surface area contributed by atoms with Gasteiger partial charge in [0.25, 0.3) is 0 Å². The van der Waals surface area contributed by atoms with Gasteiger partial charge < -0.3 is 4.90 Å². The number of amides is 1. The predicted molar refractivity (Wildman–Crippen MR) is 90.4 cm³/mol. The van der Waals surface area contributed by atoms with Gasteiger partial charge in [-0.2, -0.15) is 0 Å². The van der Waals surface area contributed by atoms with Crippen molar-refractivity contribution in [3.63, 3.8) is 0 Å². The molecule has 1 aromatic heterocycles. The quantitative estimate of drug-likeness (QED) is 0.613. The largest absolute Gasteiger partial charge is 0.340 e. The Morgan fingerprint density at radius 2 is 2.09 bits per heavy atom. The molecule has 1 amide bonds. The zero-order chi connectivity index (χ0) is 16.4. The fourth-order valence-corrected chi connectivity index (χ4v) is 4.29. The van der Waals surface area contributed by atoms with Crippen LogP contribution < -0.4 is 0 Å². The maximum atomic E-state index is 11.9. The van der Waals surface area contributed by atoms with E-state index < -0.39 is 0 Å². The minimum Gasteiger partial charge on any atom is -0.340 e. The van der Waals surface area contributed by atoms with Crippen molar-refractivity contribution < 1.29 is 9.72 Å². The molecule has 6 nitrogen and oxygen atoms in total. The summed E-state index contributed by atoms with van der Waals surface area (Å²) in [6.07, 6.45) is 6.92. The van der Waals surface area contributed by atoms with E-state index in [0.29, 0.717) is 18.5 Å². The highest BCUT2D eigenvalue weighted by Crippen LogP contribution is 2.30. The van der Waals surface area contributed by atoms with Gasteiger partial charge in [0.2, 0.25) is 5.91 Å². The van der Waals surface area contributed by atoms with Crippen LogP contribution in [0.4, 0.5) is 5.00 Å². The van der Waals surface area contributed by atoms with Crippen LogP contribution in [-0.4, -0.2) is 52.3 Å². The highest BCUT2D eigenvalue weighted by molar-refractivity contribution is 7.16. The molecular formula is C16H21N3O3S. The normalized spacial score (nSPS) is 24.5. The lowest BCUT2D eigenvalue weighted by Gasteiger charge is -2.40. The van der Waals surface area contributed by atoms with Crippen molar-refractivity contribution >= 4 is 28.3 Å². The number of nitrogens with zero attached hydrogens (tertiary/aromatic N) is 3. The van der Waals surface area contributed by atoms with Crippen LogP contribution in [0.2, 0.25) is 0 Å². The van der Waals surface area contributed by atoms with Crippen LogP contribution in [-0.2, 0) is 4.79 Å². The Balaban J connectivity index is 1.58. The minimum atomic E-state index is -0.355. The third-order valence-electron chi connectivity index (χ3n) is 4.68. The first kappa shape index (κ1) is 16.1. The van der Waals surface area contributed by atoms with Crippen molar-refractivity contribution in [1.29, 1.82) is 0 Å². The van der Waals surface area contributed by atoms with E-state index in [1.54, 1.807) is 12.1 Å². The second-order valence-corrected chi connectivity index (χ2v) is 7.16. The second-order valence-electron chi connectivity index (χ2n) is 6.07. The lowest BCUT2D eigenvalue weighted by molar-refractivity contribution is -0.380. The van der Waals surface area contributed by atoms with Gasteiger partial charge in [-0.15, -0.1) is 0 Å². The molecule has 124 valence electrons. The average molecular weight is 335 g/mol. The summed E-state index contributed by atoms with van der Waals surface area (Å²) < 4.78 is 0. The van der Waals surface area contributed by atoms with Crippen molar-refractivity contribution in [3.05, 3.63) is 33.2 Å². The number of hydrogen-bond donors (Lipinski definition) is 0. The van der Waals surface area contributed by atoms with E-state index in [0.717, 1.165) is 37.4 Å². The van der Waals surface area contributed by atoms with Crippen LogP contribution in [0.15, 0.2) is 18.2 Å². The first-order valence-corrected chi connectivity index (χ1v) is 8.84. The highest BCUT2D eigenvalue weighted by Gasteiger charge is 2.40. The molecule has 2 unspecified atom stereocenters. The Morgan fingerprint density at radius 3 is 2.65 bits per heavy atom. The van der Waals surface area contributed by atoms with E-state index in [9.17, 15) is 14.9 Å². The standard InChI is InChI=1S/C16H21N3O3S/c1-2-15(20)17-10-12-5-6-13(11-17)18(12)9-3-4-14-7-8-16(23-14)19(21)22/h3-4,7-8,12-13H,2,5-6,9-11H2,1H3. The number of piperazine rings is 1. The molecule has 2 fully saturated rings. The van der Waals surface area contributed by atoms with E-state index in [2.05, 4.69) is 11.0 Å². The summed E-state index contributed by atoms with van der Waals surface area (Å²) in [5.74, 6) is 0.253. The highest BCUT2D eigenvalue weighted by atomic mass is 32.1. The Labute approximate surface area is 139 Å². The van der Waals surface area contributed by atoms with E-state index in [-0.39, 0.29) is 15.8 Å². The van der Waals surface area contributed by atoms with E-state index in [1.807, 2.05) is 17.9 Å². The van der Waals surface area contributed by atoms with Crippen LogP contribution in [0.25, 0.3) is 6.08 Å². The minimum absolute atomic E-state index is 0.177. The van der Waals surface area contributed by atoms with Gasteiger partial charge in [-0.1, -0.05) is 24.3 Å². The Morgan fingerprint density at radius 1 is 1.39 bits per heavy atom. The number of hydrogen-bond acceptors (Lipinski definition) is 5.